The van der Waals surface area contributed by atoms with Gasteiger partial charge in [-0.1, -0.05) is 6.07 Å². The first-order valence-corrected chi connectivity index (χ1v) is 6.32. The van der Waals surface area contributed by atoms with Gasteiger partial charge in [-0.05, 0) is 13.0 Å². The third kappa shape index (κ3) is 2.86. The fraction of sp³-hybridized carbons (Fsp3) is 0.545. The van der Waals surface area contributed by atoms with Crippen LogP contribution in [0.25, 0.3) is 0 Å². The van der Waals surface area contributed by atoms with Crippen LogP contribution in [0.1, 0.15) is 12.5 Å². The van der Waals surface area contributed by atoms with Crippen LogP contribution in [0.15, 0.2) is 18.3 Å². The van der Waals surface area contributed by atoms with Gasteiger partial charge in [0.05, 0.1) is 18.5 Å². The van der Waals surface area contributed by atoms with Crippen molar-refractivity contribution in [2.24, 2.45) is 0 Å². The van der Waals surface area contributed by atoms with Gasteiger partial charge < -0.3 is 10.1 Å². The van der Waals surface area contributed by atoms with Gasteiger partial charge in [0.15, 0.2) is 0 Å². The molecule has 0 aromatic carbocycles. The van der Waals surface area contributed by atoms with Gasteiger partial charge in [-0.25, -0.2) is 4.98 Å². The first-order valence-electron chi connectivity index (χ1n) is 5.27. The largest absolute Gasteiger partial charge is 0.379 e. The van der Waals surface area contributed by atoms with E-state index in [1.807, 2.05) is 24.0 Å². The number of hydrogen-bond donors (Lipinski definition) is 1. The second-order valence-electron chi connectivity index (χ2n) is 3.51. The minimum absolute atomic E-state index is 0.680. The van der Waals surface area contributed by atoms with Gasteiger partial charge in [0.1, 0.15) is 5.82 Å². The van der Waals surface area contributed by atoms with Gasteiger partial charge in [0.2, 0.25) is 0 Å². The number of anilines is 1. The highest BCUT2D eigenvalue weighted by atomic mass is 32.2. The van der Waals surface area contributed by atoms with E-state index < -0.39 is 0 Å². The predicted octanol–water partition coefficient (Wildman–Crippen LogP) is 2.15. The van der Waals surface area contributed by atoms with E-state index in [2.05, 4.69) is 23.3 Å². The lowest BCUT2D eigenvalue weighted by atomic mass is 10.3. The van der Waals surface area contributed by atoms with Crippen molar-refractivity contribution in [3.8, 4) is 0 Å². The third-order valence-corrected chi connectivity index (χ3v) is 3.54. The molecule has 3 nitrogen and oxygen atoms in total. The van der Waals surface area contributed by atoms with Crippen molar-refractivity contribution in [2.75, 3.05) is 25.1 Å². The number of aromatic nitrogens is 1. The van der Waals surface area contributed by atoms with Crippen LogP contribution in [0.3, 0.4) is 0 Å². The lowest BCUT2D eigenvalue weighted by molar-refractivity contribution is 0.0455. The van der Waals surface area contributed by atoms with Crippen molar-refractivity contribution < 1.29 is 4.74 Å². The van der Waals surface area contributed by atoms with Crippen LogP contribution < -0.4 is 5.32 Å². The zero-order valence-corrected chi connectivity index (χ0v) is 9.72. The Morgan fingerprint density at radius 1 is 1.60 bits per heavy atom. The molecule has 1 aromatic rings. The molecular weight excluding hydrogens is 208 g/mol. The average molecular weight is 224 g/mol. The Morgan fingerprint density at radius 2 is 2.47 bits per heavy atom. The molecule has 0 radical (unpaired) electrons. The van der Waals surface area contributed by atoms with Crippen LogP contribution in [-0.2, 0) is 10.5 Å². The third-order valence-electron chi connectivity index (χ3n) is 2.32. The van der Waals surface area contributed by atoms with Crippen molar-refractivity contribution in [3.05, 3.63) is 23.9 Å². The molecular formula is C11H16N2OS. The molecule has 0 atom stereocenters. The molecule has 0 spiro atoms. The minimum atomic E-state index is 0.680. The number of ether oxygens (including phenoxy) is 1. The number of pyridine rings is 1. The number of nitrogens with zero attached hydrogens (tertiary/aromatic N) is 1. The van der Waals surface area contributed by atoms with Gasteiger partial charge in [0.25, 0.3) is 0 Å². The van der Waals surface area contributed by atoms with E-state index in [0.717, 1.165) is 31.3 Å². The molecule has 0 saturated carbocycles. The first kappa shape index (κ1) is 10.8. The van der Waals surface area contributed by atoms with Crippen LogP contribution >= 0.6 is 11.8 Å². The molecule has 82 valence electrons. The van der Waals surface area contributed by atoms with Crippen LogP contribution in [0.2, 0.25) is 0 Å². The quantitative estimate of drug-likeness (QED) is 0.831. The predicted molar refractivity (Wildman–Crippen MR) is 64.3 cm³/mol. The van der Waals surface area contributed by atoms with Gasteiger partial charge >= 0.3 is 0 Å². The molecule has 0 unspecified atom stereocenters. The van der Waals surface area contributed by atoms with Crippen molar-refractivity contribution in [3.63, 3.8) is 0 Å². The summed E-state index contributed by atoms with van der Waals surface area (Å²) in [5, 5.41) is 3.96. The van der Waals surface area contributed by atoms with E-state index in [9.17, 15) is 0 Å². The van der Waals surface area contributed by atoms with Gasteiger partial charge in [-0.2, -0.15) is 0 Å². The van der Waals surface area contributed by atoms with Crippen LogP contribution in [-0.4, -0.2) is 30.0 Å². The summed E-state index contributed by atoms with van der Waals surface area (Å²) in [6, 6.07) is 4.13. The van der Waals surface area contributed by atoms with E-state index in [1.54, 1.807) is 0 Å². The first-order chi connectivity index (χ1) is 7.40. The van der Waals surface area contributed by atoms with Crippen molar-refractivity contribution in [1.82, 2.24) is 4.98 Å². The van der Waals surface area contributed by atoms with Crippen molar-refractivity contribution in [2.45, 2.75) is 17.9 Å². The van der Waals surface area contributed by atoms with E-state index in [1.165, 1.54) is 5.56 Å². The molecule has 1 saturated heterocycles. The molecule has 1 aliphatic rings. The van der Waals surface area contributed by atoms with Crippen molar-refractivity contribution >= 4 is 17.6 Å². The maximum atomic E-state index is 5.15. The number of hydrogen-bond acceptors (Lipinski definition) is 4. The SMILES string of the molecule is CCNc1ncccc1CSC1COC1. The van der Waals surface area contributed by atoms with Gasteiger partial charge in [0, 0.05) is 24.1 Å². The normalized spacial score (nSPS) is 16.1. The minimum Gasteiger partial charge on any atom is -0.379 e. The van der Waals surface area contributed by atoms with Crippen LogP contribution in [0, 0.1) is 0 Å². The topological polar surface area (TPSA) is 34.2 Å². The average Bonchev–Trinajstić information content (AvgIpc) is 2.18. The summed E-state index contributed by atoms with van der Waals surface area (Å²) >= 11 is 1.95. The summed E-state index contributed by atoms with van der Waals surface area (Å²) in [7, 11) is 0. The molecule has 2 heterocycles. The van der Waals surface area contributed by atoms with E-state index in [0.29, 0.717) is 5.25 Å². The fourth-order valence-corrected chi connectivity index (χ4v) is 2.43. The smallest absolute Gasteiger partial charge is 0.129 e. The molecule has 0 aliphatic carbocycles. The zero-order valence-electron chi connectivity index (χ0n) is 8.90. The molecule has 2 rings (SSSR count). The summed E-state index contributed by atoms with van der Waals surface area (Å²) in [5.74, 6) is 2.04. The summed E-state index contributed by atoms with van der Waals surface area (Å²) in [5.41, 5.74) is 1.29. The number of nitrogens with one attached hydrogen (secondary N) is 1. The summed E-state index contributed by atoms with van der Waals surface area (Å²) in [6.07, 6.45) is 1.83. The van der Waals surface area contributed by atoms with E-state index >= 15 is 0 Å². The number of thioether (sulfide) groups is 1. The highest BCUT2D eigenvalue weighted by molar-refractivity contribution is 7.99. The Hall–Kier alpha value is -0.740. The second-order valence-corrected chi connectivity index (χ2v) is 4.80. The molecule has 1 fully saturated rings. The maximum absolute atomic E-state index is 5.15. The maximum Gasteiger partial charge on any atom is 0.129 e. The van der Waals surface area contributed by atoms with Crippen molar-refractivity contribution in [1.29, 1.82) is 0 Å². The summed E-state index contributed by atoms with van der Waals surface area (Å²) in [6.45, 7) is 4.82. The Morgan fingerprint density at radius 3 is 3.13 bits per heavy atom. The Balaban J connectivity index is 1.92. The fourth-order valence-electron chi connectivity index (χ4n) is 1.40. The molecule has 1 aromatic heterocycles. The highest BCUT2D eigenvalue weighted by Gasteiger charge is 2.18. The zero-order chi connectivity index (χ0) is 10.5. The van der Waals surface area contributed by atoms with E-state index in [4.69, 9.17) is 4.74 Å². The highest BCUT2D eigenvalue weighted by Crippen LogP contribution is 2.25. The lowest BCUT2D eigenvalue weighted by Crippen LogP contribution is -2.30. The van der Waals surface area contributed by atoms with Crippen LogP contribution in [0.5, 0.6) is 0 Å². The van der Waals surface area contributed by atoms with Gasteiger partial charge in [-0.15, -0.1) is 11.8 Å². The second kappa shape index (κ2) is 5.37. The molecule has 0 amide bonds. The Kier molecular flexibility index (Phi) is 3.86. The molecule has 1 N–H and O–H groups in total. The summed E-state index contributed by atoms with van der Waals surface area (Å²) in [4.78, 5) is 4.33. The van der Waals surface area contributed by atoms with Crippen LogP contribution in [0.4, 0.5) is 5.82 Å². The number of rotatable bonds is 5. The molecule has 0 bridgehead atoms. The molecule has 4 heteroatoms. The monoisotopic (exact) mass is 224 g/mol. The Bertz CT molecular complexity index is 315. The molecule has 1 aliphatic heterocycles. The summed E-state index contributed by atoms with van der Waals surface area (Å²) < 4.78 is 5.15. The standard InChI is InChI=1S/C11H16N2OS/c1-2-12-11-9(4-3-5-13-11)8-15-10-6-14-7-10/h3-5,10H,2,6-8H2,1H3,(H,12,13). The van der Waals surface area contributed by atoms with E-state index in [-0.39, 0.29) is 0 Å². The Labute approximate surface area is 94.6 Å². The van der Waals surface area contributed by atoms with Gasteiger partial charge in [-0.3, -0.25) is 0 Å². The molecule has 15 heavy (non-hydrogen) atoms. The lowest BCUT2D eigenvalue weighted by Gasteiger charge is -2.25.